The lowest BCUT2D eigenvalue weighted by Crippen LogP contribution is -2.35. The first-order chi connectivity index (χ1) is 10.5. The first-order valence-electron chi connectivity index (χ1n) is 7.24. The molecule has 1 fully saturated rings. The number of aromatic nitrogens is 1. The average molecular weight is 321 g/mol. The molecular formula is C16H17ClN2O3. The molecule has 3 rings (SSSR count). The van der Waals surface area contributed by atoms with Crippen molar-refractivity contribution in [2.75, 3.05) is 6.54 Å². The first-order valence-corrected chi connectivity index (χ1v) is 7.62. The number of pyridine rings is 1. The molecule has 5 nitrogen and oxygen atoms in total. The SMILES string of the molecule is Cc1[nH]c(=O)c(C(=O)N2CCCC2c2ccco2)c(C)c1Cl. The number of furan rings is 1. The molecule has 116 valence electrons. The number of halogens is 1. The van der Waals surface area contributed by atoms with Crippen molar-refractivity contribution in [3.05, 3.63) is 56.4 Å². The van der Waals surface area contributed by atoms with Crippen LogP contribution >= 0.6 is 11.6 Å². The Morgan fingerprint density at radius 1 is 1.45 bits per heavy atom. The second kappa shape index (κ2) is 5.65. The summed E-state index contributed by atoms with van der Waals surface area (Å²) in [6.07, 6.45) is 3.31. The van der Waals surface area contributed by atoms with E-state index in [1.165, 1.54) is 0 Å². The number of H-pyrrole nitrogens is 1. The Morgan fingerprint density at radius 3 is 2.91 bits per heavy atom. The van der Waals surface area contributed by atoms with Crippen molar-refractivity contribution >= 4 is 17.5 Å². The normalized spacial score (nSPS) is 18.0. The van der Waals surface area contributed by atoms with Crippen LogP contribution in [0.4, 0.5) is 0 Å². The number of hydrogen-bond donors (Lipinski definition) is 1. The summed E-state index contributed by atoms with van der Waals surface area (Å²) in [5, 5.41) is 0.427. The van der Waals surface area contributed by atoms with Gasteiger partial charge in [0.25, 0.3) is 11.5 Å². The Bertz CT molecular complexity index is 764. The van der Waals surface area contributed by atoms with Gasteiger partial charge < -0.3 is 14.3 Å². The van der Waals surface area contributed by atoms with Gasteiger partial charge in [-0.05, 0) is 44.4 Å². The zero-order valence-corrected chi connectivity index (χ0v) is 13.2. The lowest BCUT2D eigenvalue weighted by Gasteiger charge is -2.23. The molecule has 1 aliphatic heterocycles. The van der Waals surface area contributed by atoms with Crippen molar-refractivity contribution in [2.24, 2.45) is 0 Å². The van der Waals surface area contributed by atoms with Crippen LogP contribution in [-0.2, 0) is 0 Å². The van der Waals surface area contributed by atoms with E-state index in [-0.39, 0.29) is 17.5 Å². The van der Waals surface area contributed by atoms with Crippen molar-refractivity contribution in [1.29, 1.82) is 0 Å². The van der Waals surface area contributed by atoms with Crippen LogP contribution in [0.15, 0.2) is 27.6 Å². The van der Waals surface area contributed by atoms with E-state index >= 15 is 0 Å². The van der Waals surface area contributed by atoms with Crippen LogP contribution in [0.5, 0.6) is 0 Å². The van der Waals surface area contributed by atoms with Crippen molar-refractivity contribution in [1.82, 2.24) is 9.88 Å². The quantitative estimate of drug-likeness (QED) is 0.924. The number of carbonyl (C=O) groups excluding carboxylic acids is 1. The Kier molecular flexibility index (Phi) is 3.83. The minimum Gasteiger partial charge on any atom is -0.467 e. The van der Waals surface area contributed by atoms with Crippen molar-refractivity contribution < 1.29 is 9.21 Å². The third-order valence-electron chi connectivity index (χ3n) is 4.16. The highest BCUT2D eigenvalue weighted by atomic mass is 35.5. The van der Waals surface area contributed by atoms with E-state index < -0.39 is 5.56 Å². The molecule has 1 amide bonds. The number of rotatable bonds is 2. The summed E-state index contributed by atoms with van der Waals surface area (Å²) in [4.78, 5) is 29.4. The molecule has 0 spiro atoms. The summed E-state index contributed by atoms with van der Waals surface area (Å²) in [7, 11) is 0. The van der Waals surface area contributed by atoms with Gasteiger partial charge in [0.2, 0.25) is 0 Å². The highest BCUT2D eigenvalue weighted by molar-refractivity contribution is 6.32. The molecule has 0 saturated carbocycles. The molecule has 1 N–H and O–H groups in total. The lowest BCUT2D eigenvalue weighted by atomic mass is 10.1. The average Bonchev–Trinajstić information content (AvgIpc) is 3.14. The van der Waals surface area contributed by atoms with Gasteiger partial charge in [0.05, 0.1) is 17.3 Å². The Labute approximate surface area is 132 Å². The molecule has 1 atom stereocenters. The number of amides is 1. The van der Waals surface area contributed by atoms with Crippen LogP contribution in [0.3, 0.4) is 0 Å². The van der Waals surface area contributed by atoms with Crippen molar-refractivity contribution in [3.63, 3.8) is 0 Å². The number of hydrogen-bond acceptors (Lipinski definition) is 3. The first kappa shape index (κ1) is 14.9. The zero-order valence-electron chi connectivity index (χ0n) is 12.5. The summed E-state index contributed by atoms with van der Waals surface area (Å²) in [6.45, 7) is 4.02. The van der Waals surface area contributed by atoms with E-state index in [1.54, 1.807) is 31.1 Å². The van der Waals surface area contributed by atoms with Crippen LogP contribution in [-0.4, -0.2) is 22.3 Å². The molecule has 0 aliphatic carbocycles. The maximum absolute atomic E-state index is 12.9. The van der Waals surface area contributed by atoms with Crippen LogP contribution < -0.4 is 5.56 Å². The fourth-order valence-corrected chi connectivity index (χ4v) is 3.18. The third-order valence-corrected chi connectivity index (χ3v) is 4.73. The van der Waals surface area contributed by atoms with E-state index in [0.717, 1.165) is 18.6 Å². The molecule has 6 heteroatoms. The molecule has 2 aromatic rings. The van der Waals surface area contributed by atoms with Crippen LogP contribution in [0.1, 0.15) is 46.3 Å². The van der Waals surface area contributed by atoms with E-state index in [0.29, 0.717) is 22.8 Å². The predicted octanol–water partition coefficient (Wildman–Crippen LogP) is 3.22. The minimum absolute atomic E-state index is 0.119. The summed E-state index contributed by atoms with van der Waals surface area (Å²) in [6, 6.07) is 3.54. The summed E-state index contributed by atoms with van der Waals surface area (Å²) < 4.78 is 5.43. The van der Waals surface area contributed by atoms with Gasteiger partial charge in [0.15, 0.2) is 0 Å². The summed E-state index contributed by atoms with van der Waals surface area (Å²) in [5.41, 5.74) is 0.825. The smallest absolute Gasteiger partial charge is 0.261 e. The molecule has 0 bridgehead atoms. The van der Waals surface area contributed by atoms with Gasteiger partial charge in [-0.3, -0.25) is 9.59 Å². The molecule has 22 heavy (non-hydrogen) atoms. The van der Waals surface area contributed by atoms with E-state index in [4.69, 9.17) is 16.0 Å². The highest BCUT2D eigenvalue weighted by Crippen LogP contribution is 2.33. The Balaban J connectivity index is 2.01. The summed E-state index contributed by atoms with van der Waals surface area (Å²) in [5.74, 6) is 0.456. The highest BCUT2D eigenvalue weighted by Gasteiger charge is 2.34. The lowest BCUT2D eigenvalue weighted by molar-refractivity contribution is 0.0717. The van der Waals surface area contributed by atoms with Gasteiger partial charge in [0.1, 0.15) is 11.3 Å². The number of carbonyl (C=O) groups is 1. The number of nitrogens with zero attached hydrogens (tertiary/aromatic N) is 1. The maximum atomic E-state index is 12.9. The van der Waals surface area contributed by atoms with Crippen molar-refractivity contribution in [2.45, 2.75) is 32.7 Å². The third kappa shape index (κ3) is 2.35. The van der Waals surface area contributed by atoms with Crippen LogP contribution in [0.2, 0.25) is 5.02 Å². The van der Waals surface area contributed by atoms with Gasteiger partial charge in [-0.25, -0.2) is 0 Å². The molecule has 3 heterocycles. The van der Waals surface area contributed by atoms with Gasteiger partial charge in [-0.15, -0.1) is 0 Å². The minimum atomic E-state index is -0.394. The number of likely N-dealkylation sites (tertiary alicyclic amines) is 1. The molecule has 1 aliphatic rings. The number of aryl methyl sites for hydroxylation is 1. The van der Waals surface area contributed by atoms with Gasteiger partial charge in [-0.1, -0.05) is 11.6 Å². The standard InChI is InChI=1S/C16H17ClN2O3/c1-9-13(15(20)18-10(2)14(9)17)16(21)19-7-3-5-11(19)12-6-4-8-22-12/h4,6,8,11H,3,5,7H2,1-2H3,(H,18,20). The second-order valence-corrected chi connectivity index (χ2v) is 5.94. The van der Waals surface area contributed by atoms with Gasteiger partial charge >= 0.3 is 0 Å². The molecular weight excluding hydrogens is 304 g/mol. The maximum Gasteiger partial charge on any atom is 0.261 e. The fraction of sp³-hybridized carbons (Fsp3) is 0.375. The second-order valence-electron chi connectivity index (χ2n) is 5.57. The fourth-order valence-electron chi connectivity index (χ4n) is 3.04. The van der Waals surface area contributed by atoms with Gasteiger partial charge in [0, 0.05) is 12.2 Å². The summed E-state index contributed by atoms with van der Waals surface area (Å²) >= 11 is 6.18. The Hall–Kier alpha value is -2.01. The topological polar surface area (TPSA) is 66.3 Å². The number of aromatic amines is 1. The zero-order chi connectivity index (χ0) is 15.9. The predicted molar refractivity (Wildman–Crippen MR) is 83.3 cm³/mol. The van der Waals surface area contributed by atoms with E-state index in [9.17, 15) is 9.59 Å². The van der Waals surface area contributed by atoms with Crippen LogP contribution in [0.25, 0.3) is 0 Å². The Morgan fingerprint density at radius 2 is 2.23 bits per heavy atom. The van der Waals surface area contributed by atoms with E-state index in [1.807, 2.05) is 6.07 Å². The monoisotopic (exact) mass is 320 g/mol. The number of nitrogens with one attached hydrogen (secondary N) is 1. The molecule has 0 aromatic carbocycles. The van der Waals surface area contributed by atoms with Crippen LogP contribution in [0, 0.1) is 13.8 Å². The molecule has 1 unspecified atom stereocenters. The molecule has 1 saturated heterocycles. The molecule has 2 aromatic heterocycles. The largest absolute Gasteiger partial charge is 0.467 e. The van der Waals surface area contributed by atoms with E-state index in [2.05, 4.69) is 4.98 Å². The molecule has 0 radical (unpaired) electrons. The van der Waals surface area contributed by atoms with Gasteiger partial charge in [-0.2, -0.15) is 0 Å². The van der Waals surface area contributed by atoms with Crippen molar-refractivity contribution in [3.8, 4) is 0 Å².